The number of fused-ring (bicyclic) bond motifs is 1. The molecule has 0 bridgehead atoms. The summed E-state index contributed by atoms with van der Waals surface area (Å²) in [5, 5.41) is 5.74. The molecule has 1 aromatic carbocycles. The molecule has 0 aliphatic rings. The molecule has 0 saturated carbocycles. The number of benzene rings is 1. The lowest BCUT2D eigenvalue weighted by Gasteiger charge is -2.09. The van der Waals surface area contributed by atoms with Gasteiger partial charge in [0.15, 0.2) is 0 Å². The van der Waals surface area contributed by atoms with Gasteiger partial charge < -0.3 is 4.57 Å². The number of aryl methyl sites for hydroxylation is 3. The third kappa shape index (κ3) is 2.00. The Labute approximate surface area is 121 Å². The van der Waals surface area contributed by atoms with E-state index in [-0.39, 0.29) is 0 Å². The van der Waals surface area contributed by atoms with Crippen molar-refractivity contribution in [3.63, 3.8) is 0 Å². The normalized spacial score (nSPS) is 11.4. The van der Waals surface area contributed by atoms with Crippen LogP contribution in [0.4, 0.5) is 0 Å². The van der Waals surface area contributed by atoms with Crippen LogP contribution >= 0.6 is 15.9 Å². The molecule has 0 atom stereocenters. The summed E-state index contributed by atoms with van der Waals surface area (Å²) in [6, 6.07) is 10.7. The first-order chi connectivity index (χ1) is 9.08. The van der Waals surface area contributed by atoms with Gasteiger partial charge >= 0.3 is 0 Å². The van der Waals surface area contributed by atoms with Gasteiger partial charge in [0.25, 0.3) is 0 Å². The summed E-state index contributed by atoms with van der Waals surface area (Å²) in [5.41, 5.74) is 4.77. The van der Waals surface area contributed by atoms with E-state index in [1.54, 1.807) is 0 Å². The Morgan fingerprint density at radius 2 is 1.95 bits per heavy atom. The molecule has 0 radical (unpaired) electrons. The molecule has 3 aromatic rings. The quantitative estimate of drug-likeness (QED) is 0.705. The molecule has 0 aliphatic carbocycles. The van der Waals surface area contributed by atoms with Crippen LogP contribution in [0.15, 0.2) is 34.8 Å². The zero-order valence-corrected chi connectivity index (χ0v) is 12.9. The summed E-state index contributed by atoms with van der Waals surface area (Å²) in [6.45, 7) is 5.00. The van der Waals surface area contributed by atoms with Gasteiger partial charge in [0.05, 0.1) is 22.4 Å². The standard InChI is InChI=1S/C15H16BrN3/c1-10-8-12-6-4-5-7-13(12)19(10)9-14-15(16)11(2)17-18(14)3/h4-8H,9H2,1-3H3. The monoisotopic (exact) mass is 317 g/mol. The second-order valence-corrected chi connectivity index (χ2v) is 5.69. The number of hydrogen-bond acceptors (Lipinski definition) is 1. The van der Waals surface area contributed by atoms with Crippen LogP contribution in [0.3, 0.4) is 0 Å². The lowest BCUT2D eigenvalue weighted by molar-refractivity contribution is 0.665. The van der Waals surface area contributed by atoms with Crippen LogP contribution in [0, 0.1) is 13.8 Å². The van der Waals surface area contributed by atoms with E-state index in [0.29, 0.717) is 0 Å². The zero-order valence-electron chi connectivity index (χ0n) is 11.3. The van der Waals surface area contributed by atoms with Crippen molar-refractivity contribution in [1.29, 1.82) is 0 Å². The summed E-state index contributed by atoms with van der Waals surface area (Å²) in [5.74, 6) is 0. The van der Waals surface area contributed by atoms with E-state index in [4.69, 9.17) is 0 Å². The van der Waals surface area contributed by atoms with Crippen LogP contribution in [0.2, 0.25) is 0 Å². The lowest BCUT2D eigenvalue weighted by Crippen LogP contribution is -2.07. The van der Waals surface area contributed by atoms with Gasteiger partial charge in [-0.25, -0.2) is 0 Å². The molecule has 2 aromatic heterocycles. The Bertz CT molecular complexity index is 752. The Hall–Kier alpha value is -1.55. The molecule has 0 spiro atoms. The molecule has 3 nitrogen and oxygen atoms in total. The largest absolute Gasteiger partial charge is 0.339 e. The van der Waals surface area contributed by atoms with E-state index in [1.165, 1.54) is 22.3 Å². The topological polar surface area (TPSA) is 22.8 Å². The smallest absolute Gasteiger partial charge is 0.0739 e. The van der Waals surface area contributed by atoms with Gasteiger partial charge in [0.2, 0.25) is 0 Å². The molecular formula is C15H16BrN3. The molecule has 19 heavy (non-hydrogen) atoms. The first-order valence-electron chi connectivity index (χ1n) is 6.31. The summed E-state index contributed by atoms with van der Waals surface area (Å²) in [6.07, 6.45) is 0. The predicted molar refractivity (Wildman–Crippen MR) is 81.4 cm³/mol. The Morgan fingerprint density at radius 3 is 2.63 bits per heavy atom. The average Bonchev–Trinajstić information content (AvgIpc) is 2.82. The molecular weight excluding hydrogens is 302 g/mol. The summed E-state index contributed by atoms with van der Waals surface area (Å²) in [4.78, 5) is 0. The van der Waals surface area contributed by atoms with Crippen LogP contribution in [0.5, 0.6) is 0 Å². The highest BCUT2D eigenvalue weighted by Gasteiger charge is 2.13. The molecule has 0 N–H and O–H groups in total. The van der Waals surface area contributed by atoms with Gasteiger partial charge in [-0.1, -0.05) is 18.2 Å². The van der Waals surface area contributed by atoms with Crippen LogP contribution in [0.25, 0.3) is 10.9 Å². The van der Waals surface area contributed by atoms with Crippen LogP contribution in [-0.2, 0) is 13.6 Å². The Morgan fingerprint density at radius 1 is 1.21 bits per heavy atom. The maximum absolute atomic E-state index is 4.46. The highest BCUT2D eigenvalue weighted by Crippen LogP contribution is 2.25. The van der Waals surface area contributed by atoms with Crippen molar-refractivity contribution in [2.75, 3.05) is 0 Å². The third-order valence-corrected chi connectivity index (χ3v) is 4.62. The maximum Gasteiger partial charge on any atom is 0.0739 e. The van der Waals surface area contributed by atoms with Crippen LogP contribution in [0.1, 0.15) is 17.1 Å². The predicted octanol–water partition coefficient (Wildman–Crippen LogP) is 3.80. The summed E-state index contributed by atoms with van der Waals surface area (Å²) < 4.78 is 5.39. The van der Waals surface area contributed by atoms with E-state index in [1.807, 2.05) is 18.7 Å². The first-order valence-corrected chi connectivity index (χ1v) is 7.10. The van der Waals surface area contributed by atoms with Crippen molar-refractivity contribution in [1.82, 2.24) is 14.3 Å². The molecule has 0 aliphatic heterocycles. The highest BCUT2D eigenvalue weighted by atomic mass is 79.9. The third-order valence-electron chi connectivity index (χ3n) is 3.59. The van der Waals surface area contributed by atoms with Crippen molar-refractivity contribution >= 4 is 26.8 Å². The molecule has 0 amide bonds. The first kappa shape index (κ1) is 12.5. The molecule has 0 saturated heterocycles. The number of halogens is 1. The van der Waals surface area contributed by atoms with E-state index in [9.17, 15) is 0 Å². The lowest BCUT2D eigenvalue weighted by atomic mass is 10.2. The van der Waals surface area contributed by atoms with Gasteiger partial charge in [-0.2, -0.15) is 5.10 Å². The van der Waals surface area contributed by atoms with Gasteiger partial charge in [-0.05, 0) is 47.3 Å². The molecule has 4 heteroatoms. The van der Waals surface area contributed by atoms with Gasteiger partial charge in [-0.3, -0.25) is 4.68 Å². The number of para-hydroxylation sites is 1. The average molecular weight is 318 g/mol. The summed E-state index contributed by atoms with van der Waals surface area (Å²) in [7, 11) is 1.99. The molecule has 3 rings (SSSR count). The fourth-order valence-corrected chi connectivity index (χ4v) is 3.02. The van der Waals surface area contributed by atoms with E-state index < -0.39 is 0 Å². The second-order valence-electron chi connectivity index (χ2n) is 4.90. The van der Waals surface area contributed by atoms with Gasteiger partial charge in [0, 0.05) is 18.3 Å². The minimum Gasteiger partial charge on any atom is -0.339 e. The maximum atomic E-state index is 4.46. The van der Waals surface area contributed by atoms with Crippen LogP contribution in [-0.4, -0.2) is 14.3 Å². The number of nitrogens with zero attached hydrogens (tertiary/aromatic N) is 3. The van der Waals surface area contributed by atoms with Crippen molar-refractivity contribution in [2.45, 2.75) is 20.4 Å². The Kier molecular flexibility index (Phi) is 2.97. The fraction of sp³-hybridized carbons (Fsp3) is 0.267. The number of aromatic nitrogens is 3. The molecule has 0 fully saturated rings. The molecule has 2 heterocycles. The second kappa shape index (κ2) is 4.53. The van der Waals surface area contributed by atoms with Crippen molar-refractivity contribution < 1.29 is 0 Å². The van der Waals surface area contributed by atoms with Crippen molar-refractivity contribution in [3.8, 4) is 0 Å². The highest BCUT2D eigenvalue weighted by molar-refractivity contribution is 9.10. The summed E-state index contributed by atoms with van der Waals surface area (Å²) >= 11 is 3.64. The zero-order chi connectivity index (χ0) is 13.6. The number of hydrogen-bond donors (Lipinski definition) is 0. The van der Waals surface area contributed by atoms with E-state index in [0.717, 1.165) is 16.7 Å². The van der Waals surface area contributed by atoms with Gasteiger partial charge in [0.1, 0.15) is 0 Å². The van der Waals surface area contributed by atoms with Crippen molar-refractivity contribution in [2.24, 2.45) is 7.05 Å². The molecule has 98 valence electrons. The molecule has 0 unspecified atom stereocenters. The van der Waals surface area contributed by atoms with Gasteiger partial charge in [-0.15, -0.1) is 0 Å². The minimum atomic E-state index is 0.831. The SMILES string of the molecule is Cc1nn(C)c(Cn2c(C)cc3ccccc32)c1Br. The van der Waals surface area contributed by atoms with E-state index in [2.05, 4.69) is 62.9 Å². The Balaban J connectivity index is 2.13. The van der Waals surface area contributed by atoms with Crippen LogP contribution < -0.4 is 0 Å². The van der Waals surface area contributed by atoms with E-state index >= 15 is 0 Å². The minimum absolute atomic E-state index is 0.831. The van der Waals surface area contributed by atoms with Crippen molar-refractivity contribution in [3.05, 3.63) is 51.9 Å². The fourth-order valence-electron chi connectivity index (χ4n) is 2.56. The number of rotatable bonds is 2.